The van der Waals surface area contributed by atoms with E-state index in [0.29, 0.717) is 0 Å². The average Bonchev–Trinajstić information content (AvgIpc) is 2.54. The Morgan fingerprint density at radius 2 is 1.09 bits per heavy atom. The number of rotatable bonds is 3. The van der Waals surface area contributed by atoms with E-state index in [4.69, 9.17) is 0 Å². The van der Waals surface area contributed by atoms with Gasteiger partial charge in [-0.05, 0) is 56.5 Å². The van der Waals surface area contributed by atoms with Gasteiger partial charge in [0.1, 0.15) is 0 Å². The van der Waals surface area contributed by atoms with Crippen molar-refractivity contribution in [2.75, 3.05) is 0 Å². The second-order valence-electron chi connectivity index (χ2n) is 4.58. The minimum Gasteiger partial charge on any atom is -0.0622 e. The Kier molecular flexibility index (Phi) is 6.84. The number of halogens is 2. The van der Waals surface area contributed by atoms with E-state index < -0.39 is 7.92 Å². The largest absolute Gasteiger partial charge is 0.0622 e. The van der Waals surface area contributed by atoms with Crippen LogP contribution in [0.1, 0.15) is 0 Å². The molecular weight excluding hydrogens is 466 g/mol. The summed E-state index contributed by atoms with van der Waals surface area (Å²) < 4.78 is 2.24. The van der Waals surface area contributed by atoms with Crippen molar-refractivity contribution in [1.82, 2.24) is 0 Å². The maximum atomic E-state index is 3.74. The second-order valence-corrected chi connectivity index (χ2v) is 8.41. The van der Waals surface area contributed by atoms with E-state index in [1.165, 1.54) is 15.9 Å². The summed E-state index contributed by atoms with van der Waals surface area (Å²) in [7, 11) is -0.560. The van der Waals surface area contributed by atoms with Crippen LogP contribution in [0.15, 0.2) is 87.8 Å². The van der Waals surface area contributed by atoms with E-state index in [1.54, 1.807) is 0 Å². The number of hydrogen-bond donors (Lipinski definition) is 0. The Bertz CT molecular complexity index is 693. The van der Waals surface area contributed by atoms with Gasteiger partial charge in [0.25, 0.3) is 0 Å². The zero-order valence-electron chi connectivity index (χ0n) is 11.5. The van der Waals surface area contributed by atoms with Crippen LogP contribution in [0.3, 0.4) is 0 Å². The maximum absolute atomic E-state index is 3.74. The molecule has 0 N–H and O–H groups in total. The molecule has 3 aromatic carbocycles. The molecule has 0 fully saturated rings. The molecule has 0 saturated carbocycles. The Hall–Kier alpha value is -0.456. The molecule has 0 unspecified atom stereocenters. The van der Waals surface area contributed by atoms with Crippen LogP contribution in [0, 0.1) is 0 Å². The van der Waals surface area contributed by atoms with Crippen molar-refractivity contribution >= 4 is 55.7 Å². The van der Waals surface area contributed by atoms with E-state index >= 15 is 0 Å². The van der Waals surface area contributed by atoms with Gasteiger partial charge in [0.2, 0.25) is 0 Å². The molecule has 114 valence electrons. The van der Waals surface area contributed by atoms with Crippen LogP contribution < -0.4 is 15.9 Å². The topological polar surface area (TPSA) is 0 Å². The Morgan fingerprint density at radius 1 is 0.591 bits per heavy atom. The molecule has 4 heteroatoms. The minimum absolute atomic E-state index is 0. The first kappa shape index (κ1) is 17.9. The van der Waals surface area contributed by atoms with E-state index in [1.807, 2.05) is 0 Å². The fourth-order valence-electron chi connectivity index (χ4n) is 2.25. The van der Waals surface area contributed by atoms with Gasteiger partial charge in [-0.1, -0.05) is 72.8 Å². The minimum atomic E-state index is -0.560. The SMILES string of the molecule is Brc1cccc(P(c2ccccc2)c2ccccc2)c1Br.[Ni]. The first-order valence-corrected chi connectivity index (χ1v) is 9.54. The molecule has 0 aliphatic carbocycles. The van der Waals surface area contributed by atoms with E-state index in [-0.39, 0.29) is 16.5 Å². The Balaban J connectivity index is 0.00000176. The number of benzene rings is 3. The monoisotopic (exact) mass is 476 g/mol. The third-order valence-electron chi connectivity index (χ3n) is 3.20. The van der Waals surface area contributed by atoms with Gasteiger partial charge in [-0.2, -0.15) is 0 Å². The fourth-order valence-corrected chi connectivity index (χ4v) is 5.91. The molecule has 0 radical (unpaired) electrons. The van der Waals surface area contributed by atoms with Gasteiger partial charge >= 0.3 is 0 Å². The van der Waals surface area contributed by atoms with Gasteiger partial charge in [-0.15, -0.1) is 0 Å². The predicted octanol–water partition coefficient (Wildman–Crippen LogP) is 4.97. The van der Waals surface area contributed by atoms with Crippen LogP contribution in [0.4, 0.5) is 0 Å². The summed E-state index contributed by atoms with van der Waals surface area (Å²) in [5.41, 5.74) is 0. The van der Waals surface area contributed by atoms with Crippen molar-refractivity contribution < 1.29 is 16.5 Å². The van der Waals surface area contributed by atoms with Crippen molar-refractivity contribution in [3.8, 4) is 0 Å². The molecule has 22 heavy (non-hydrogen) atoms. The molecule has 0 amide bonds. The van der Waals surface area contributed by atoms with Crippen molar-refractivity contribution in [3.63, 3.8) is 0 Å². The average molecular weight is 479 g/mol. The standard InChI is InChI=1S/C18H13Br2P.Ni/c19-16-12-7-13-17(18(16)20)21(14-8-3-1-4-9-14)15-10-5-2-6-11-15;/h1-13H;. The van der Waals surface area contributed by atoms with Gasteiger partial charge < -0.3 is 0 Å². The van der Waals surface area contributed by atoms with E-state index in [2.05, 4.69) is 111 Å². The van der Waals surface area contributed by atoms with Gasteiger partial charge in [-0.3, -0.25) is 0 Å². The van der Waals surface area contributed by atoms with Crippen molar-refractivity contribution in [3.05, 3.63) is 87.8 Å². The molecule has 0 bridgehead atoms. The summed E-state index contributed by atoms with van der Waals surface area (Å²) >= 11 is 7.37. The van der Waals surface area contributed by atoms with Crippen LogP contribution in [-0.4, -0.2) is 0 Å². The Morgan fingerprint density at radius 3 is 1.59 bits per heavy atom. The van der Waals surface area contributed by atoms with Crippen LogP contribution in [0.2, 0.25) is 0 Å². The van der Waals surface area contributed by atoms with Gasteiger partial charge in [0.15, 0.2) is 0 Å². The van der Waals surface area contributed by atoms with Crippen LogP contribution in [0.25, 0.3) is 0 Å². The van der Waals surface area contributed by atoms with Gasteiger partial charge in [0, 0.05) is 30.7 Å². The van der Waals surface area contributed by atoms with Crippen LogP contribution >= 0.6 is 39.8 Å². The molecule has 3 rings (SSSR count). The van der Waals surface area contributed by atoms with Crippen LogP contribution in [0.5, 0.6) is 0 Å². The zero-order chi connectivity index (χ0) is 14.7. The van der Waals surface area contributed by atoms with Crippen molar-refractivity contribution in [2.45, 2.75) is 0 Å². The summed E-state index contributed by atoms with van der Waals surface area (Å²) in [5.74, 6) is 0. The molecule has 3 aromatic rings. The van der Waals surface area contributed by atoms with Crippen LogP contribution in [-0.2, 0) is 16.5 Å². The first-order valence-electron chi connectivity index (χ1n) is 6.61. The molecule has 0 aromatic heterocycles. The van der Waals surface area contributed by atoms with Gasteiger partial charge in [0.05, 0.1) is 0 Å². The molecule has 0 saturated heterocycles. The maximum Gasteiger partial charge on any atom is 0.0400 e. The first-order chi connectivity index (χ1) is 10.3. The molecular formula is C18H13Br2NiP. The molecule has 0 aliphatic rings. The zero-order valence-corrected chi connectivity index (χ0v) is 16.6. The summed E-state index contributed by atoms with van der Waals surface area (Å²) in [6, 6.07) is 27.8. The predicted molar refractivity (Wildman–Crippen MR) is 101 cm³/mol. The summed E-state index contributed by atoms with van der Waals surface area (Å²) in [4.78, 5) is 0. The molecule has 0 atom stereocenters. The van der Waals surface area contributed by atoms with E-state index in [9.17, 15) is 0 Å². The quantitative estimate of drug-likeness (QED) is 0.368. The fraction of sp³-hybridized carbons (Fsp3) is 0. The summed E-state index contributed by atoms with van der Waals surface area (Å²) in [5, 5.41) is 4.05. The molecule has 0 spiro atoms. The smallest absolute Gasteiger partial charge is 0.0400 e. The molecule has 0 heterocycles. The van der Waals surface area contributed by atoms with Gasteiger partial charge in [-0.25, -0.2) is 0 Å². The molecule has 0 nitrogen and oxygen atoms in total. The normalized spacial score (nSPS) is 10.3. The molecule has 0 aliphatic heterocycles. The van der Waals surface area contributed by atoms with E-state index in [0.717, 1.165) is 8.95 Å². The third-order valence-corrected chi connectivity index (χ3v) is 8.04. The Labute approximate surface area is 159 Å². The third kappa shape index (κ3) is 3.89. The summed E-state index contributed by atoms with van der Waals surface area (Å²) in [6.07, 6.45) is 0. The second kappa shape index (κ2) is 8.41. The summed E-state index contributed by atoms with van der Waals surface area (Å²) in [6.45, 7) is 0. The van der Waals surface area contributed by atoms with Crippen molar-refractivity contribution in [1.29, 1.82) is 0 Å². The van der Waals surface area contributed by atoms with Crippen molar-refractivity contribution in [2.24, 2.45) is 0 Å². The number of hydrogen-bond acceptors (Lipinski definition) is 0.